The maximum atomic E-state index is 11.3. The zero-order chi connectivity index (χ0) is 15.1. The lowest BCUT2D eigenvalue weighted by Gasteiger charge is -2.09. The van der Waals surface area contributed by atoms with Crippen molar-refractivity contribution >= 4 is 28.3 Å². The van der Waals surface area contributed by atoms with E-state index >= 15 is 0 Å². The lowest BCUT2D eigenvalue weighted by Crippen LogP contribution is -2.16. The van der Waals surface area contributed by atoms with Gasteiger partial charge >= 0.3 is 5.69 Å². The molecule has 1 heterocycles. The highest BCUT2D eigenvalue weighted by Gasteiger charge is 2.21. The summed E-state index contributed by atoms with van der Waals surface area (Å²) in [5.41, 5.74) is 0.147. The van der Waals surface area contributed by atoms with Crippen LogP contribution in [0.15, 0.2) is 0 Å². The van der Waals surface area contributed by atoms with Crippen molar-refractivity contribution in [2.24, 2.45) is 0 Å². The Morgan fingerprint density at radius 3 is 2.55 bits per heavy atom. The van der Waals surface area contributed by atoms with Crippen LogP contribution in [0.5, 0.6) is 0 Å². The summed E-state index contributed by atoms with van der Waals surface area (Å²) in [7, 11) is -0.923. The maximum Gasteiger partial charge on any atom is 0.332 e. The van der Waals surface area contributed by atoms with Gasteiger partial charge in [-0.15, -0.1) is 0 Å². The van der Waals surface area contributed by atoms with E-state index in [0.717, 1.165) is 0 Å². The van der Waals surface area contributed by atoms with Crippen LogP contribution in [-0.2, 0) is 10.8 Å². The standard InChI is InChI=1S/C11H19N5O3S/c1-4-12-11-14-8(3)9(16(17)18)10(15-11)13-6-7-20(19)5-2/h4-7H2,1-3H3,(H2,12,13,14,15). The zero-order valence-electron chi connectivity index (χ0n) is 11.8. The van der Waals surface area contributed by atoms with Crippen LogP contribution < -0.4 is 10.6 Å². The second-order valence-corrected chi connectivity index (χ2v) is 5.84. The molecule has 0 aliphatic carbocycles. The highest BCUT2D eigenvalue weighted by Crippen LogP contribution is 2.26. The molecule has 0 fully saturated rings. The van der Waals surface area contributed by atoms with Gasteiger partial charge in [0.15, 0.2) is 0 Å². The monoisotopic (exact) mass is 301 g/mol. The van der Waals surface area contributed by atoms with E-state index in [1.165, 1.54) is 0 Å². The van der Waals surface area contributed by atoms with Crippen LogP contribution in [0.25, 0.3) is 0 Å². The largest absolute Gasteiger partial charge is 0.363 e. The molecule has 0 aliphatic rings. The molecule has 1 aromatic rings. The summed E-state index contributed by atoms with van der Waals surface area (Å²) < 4.78 is 11.3. The third-order valence-electron chi connectivity index (χ3n) is 2.52. The van der Waals surface area contributed by atoms with E-state index in [1.807, 2.05) is 13.8 Å². The number of nitro groups is 1. The van der Waals surface area contributed by atoms with Gasteiger partial charge in [0.25, 0.3) is 0 Å². The van der Waals surface area contributed by atoms with Gasteiger partial charge in [-0.2, -0.15) is 4.98 Å². The molecule has 2 N–H and O–H groups in total. The predicted molar refractivity (Wildman–Crippen MR) is 79.6 cm³/mol. The molecule has 0 spiro atoms. The van der Waals surface area contributed by atoms with Gasteiger partial charge in [0.1, 0.15) is 5.69 Å². The molecule has 1 rings (SSSR count). The molecule has 9 heteroatoms. The SMILES string of the molecule is CCNc1nc(C)c([N+](=O)[O-])c(NCCS(=O)CC)n1. The number of nitrogens with one attached hydrogen (secondary N) is 2. The Balaban J connectivity index is 2.95. The number of aromatic nitrogens is 2. The van der Waals surface area contributed by atoms with Gasteiger partial charge in [-0.25, -0.2) is 4.98 Å². The summed E-state index contributed by atoms with van der Waals surface area (Å²) in [6.07, 6.45) is 0. The average Bonchev–Trinajstić information content (AvgIpc) is 2.37. The first-order valence-electron chi connectivity index (χ1n) is 6.35. The van der Waals surface area contributed by atoms with Crippen molar-refractivity contribution in [3.8, 4) is 0 Å². The minimum absolute atomic E-state index is 0.145. The van der Waals surface area contributed by atoms with Crippen molar-refractivity contribution in [1.82, 2.24) is 9.97 Å². The Labute approximate surface area is 120 Å². The second-order valence-electron chi connectivity index (χ2n) is 3.98. The first-order chi connectivity index (χ1) is 9.49. The molecule has 1 atom stereocenters. The highest BCUT2D eigenvalue weighted by atomic mass is 32.2. The van der Waals surface area contributed by atoms with Crippen molar-refractivity contribution in [2.45, 2.75) is 20.8 Å². The van der Waals surface area contributed by atoms with E-state index in [0.29, 0.717) is 36.2 Å². The van der Waals surface area contributed by atoms with Gasteiger partial charge in [-0.3, -0.25) is 14.3 Å². The number of aryl methyl sites for hydroxylation is 1. The lowest BCUT2D eigenvalue weighted by atomic mass is 10.3. The van der Waals surface area contributed by atoms with Crippen LogP contribution in [0, 0.1) is 17.0 Å². The molecule has 0 radical (unpaired) electrons. The van der Waals surface area contributed by atoms with Crippen LogP contribution in [0.2, 0.25) is 0 Å². The Morgan fingerprint density at radius 2 is 2.00 bits per heavy atom. The van der Waals surface area contributed by atoms with Crippen molar-refractivity contribution in [2.75, 3.05) is 35.2 Å². The first-order valence-corrected chi connectivity index (χ1v) is 7.84. The number of rotatable bonds is 8. The molecule has 0 saturated carbocycles. The van der Waals surface area contributed by atoms with E-state index in [-0.39, 0.29) is 11.5 Å². The fourth-order valence-electron chi connectivity index (χ4n) is 1.57. The summed E-state index contributed by atoms with van der Waals surface area (Å²) in [4.78, 5) is 18.7. The average molecular weight is 301 g/mol. The fourth-order valence-corrected chi connectivity index (χ4v) is 2.19. The Hall–Kier alpha value is -1.77. The molecule has 0 aromatic carbocycles. The van der Waals surface area contributed by atoms with Gasteiger partial charge in [0, 0.05) is 35.4 Å². The van der Waals surface area contributed by atoms with Crippen molar-refractivity contribution in [1.29, 1.82) is 0 Å². The predicted octanol–water partition coefficient (Wildman–Crippen LogP) is 1.31. The molecule has 20 heavy (non-hydrogen) atoms. The van der Waals surface area contributed by atoms with Crippen molar-refractivity contribution < 1.29 is 9.13 Å². The Bertz CT molecular complexity index is 509. The Morgan fingerprint density at radius 1 is 1.30 bits per heavy atom. The maximum absolute atomic E-state index is 11.3. The molecular weight excluding hydrogens is 282 g/mol. The van der Waals surface area contributed by atoms with Crippen molar-refractivity contribution in [3.05, 3.63) is 15.8 Å². The normalized spacial score (nSPS) is 11.9. The van der Waals surface area contributed by atoms with Crippen LogP contribution in [-0.4, -0.2) is 43.7 Å². The second kappa shape index (κ2) is 7.73. The first kappa shape index (κ1) is 16.3. The van der Waals surface area contributed by atoms with E-state index in [1.54, 1.807) is 6.92 Å². The number of nitrogens with zero attached hydrogens (tertiary/aromatic N) is 3. The van der Waals surface area contributed by atoms with E-state index in [4.69, 9.17) is 0 Å². The van der Waals surface area contributed by atoms with Crippen LogP contribution >= 0.6 is 0 Å². The van der Waals surface area contributed by atoms with Crippen LogP contribution in [0.3, 0.4) is 0 Å². The molecule has 0 amide bonds. The zero-order valence-corrected chi connectivity index (χ0v) is 12.6. The number of anilines is 2. The van der Waals surface area contributed by atoms with Crippen LogP contribution in [0.1, 0.15) is 19.5 Å². The van der Waals surface area contributed by atoms with E-state index in [2.05, 4.69) is 20.6 Å². The molecule has 0 saturated heterocycles. The van der Waals surface area contributed by atoms with Crippen LogP contribution in [0.4, 0.5) is 17.5 Å². The summed E-state index contributed by atoms with van der Waals surface area (Å²) in [6, 6.07) is 0. The fraction of sp³-hybridized carbons (Fsp3) is 0.636. The van der Waals surface area contributed by atoms with Gasteiger partial charge in [-0.1, -0.05) is 6.92 Å². The lowest BCUT2D eigenvalue weighted by molar-refractivity contribution is -0.385. The summed E-state index contributed by atoms with van der Waals surface area (Å²) >= 11 is 0. The molecule has 1 unspecified atom stereocenters. The number of hydrogen-bond donors (Lipinski definition) is 2. The van der Waals surface area contributed by atoms with Gasteiger partial charge in [0.2, 0.25) is 11.8 Å². The smallest absolute Gasteiger partial charge is 0.332 e. The molecule has 8 nitrogen and oxygen atoms in total. The summed E-state index contributed by atoms with van der Waals surface area (Å²) in [5.74, 6) is 1.49. The van der Waals surface area contributed by atoms with E-state index < -0.39 is 15.7 Å². The van der Waals surface area contributed by atoms with E-state index in [9.17, 15) is 14.3 Å². The Kier molecular flexibility index (Phi) is 6.29. The minimum Gasteiger partial charge on any atom is -0.363 e. The molecule has 0 aliphatic heterocycles. The molecule has 112 valence electrons. The molecule has 0 bridgehead atoms. The molecular formula is C11H19N5O3S. The van der Waals surface area contributed by atoms with Gasteiger partial charge in [0.05, 0.1) is 4.92 Å². The summed E-state index contributed by atoms with van der Waals surface area (Å²) in [5, 5.41) is 16.9. The molecule has 1 aromatic heterocycles. The topological polar surface area (TPSA) is 110 Å². The van der Waals surface area contributed by atoms with Crippen molar-refractivity contribution in [3.63, 3.8) is 0 Å². The summed E-state index contributed by atoms with van der Waals surface area (Å²) in [6.45, 7) is 6.27. The number of hydrogen-bond acceptors (Lipinski definition) is 7. The quantitative estimate of drug-likeness (QED) is 0.550. The van der Waals surface area contributed by atoms with Gasteiger partial charge in [-0.05, 0) is 13.8 Å². The highest BCUT2D eigenvalue weighted by molar-refractivity contribution is 7.84. The third-order valence-corrected chi connectivity index (χ3v) is 3.82. The minimum atomic E-state index is -0.923. The third kappa shape index (κ3) is 4.41. The van der Waals surface area contributed by atoms with Gasteiger partial charge < -0.3 is 10.6 Å².